The Morgan fingerprint density at radius 2 is 1.72 bits per heavy atom. The van der Waals surface area contributed by atoms with Crippen LogP contribution in [0.1, 0.15) is 29.9 Å². The van der Waals surface area contributed by atoms with Gasteiger partial charge >= 0.3 is 5.97 Å². The molecule has 0 radical (unpaired) electrons. The first kappa shape index (κ1) is 16.7. The summed E-state index contributed by atoms with van der Waals surface area (Å²) in [7, 11) is 0. The van der Waals surface area contributed by atoms with Crippen LogP contribution in [-0.4, -0.2) is 22.4 Å². The maximum atomic E-state index is 12.7. The summed E-state index contributed by atoms with van der Waals surface area (Å²) in [4.78, 5) is 12.7. The highest BCUT2D eigenvalue weighted by molar-refractivity contribution is 6.00. The molecular formula is C21H20N2O2. The number of aromatic nitrogens is 2. The van der Waals surface area contributed by atoms with Crippen molar-refractivity contribution >= 4 is 12.0 Å². The van der Waals surface area contributed by atoms with Crippen LogP contribution in [0.15, 0.2) is 66.7 Å². The molecule has 0 saturated heterocycles. The third-order valence-electron chi connectivity index (χ3n) is 3.76. The Labute approximate surface area is 147 Å². The number of allylic oxidation sites excluding steroid dienone is 1. The predicted octanol–water partition coefficient (Wildman–Crippen LogP) is 4.75. The van der Waals surface area contributed by atoms with Crippen molar-refractivity contribution in [3.63, 3.8) is 0 Å². The third kappa shape index (κ3) is 3.38. The largest absolute Gasteiger partial charge is 0.462 e. The Morgan fingerprint density at radius 3 is 2.32 bits per heavy atom. The van der Waals surface area contributed by atoms with Gasteiger partial charge in [-0.3, -0.25) is 0 Å². The summed E-state index contributed by atoms with van der Waals surface area (Å²) in [6.45, 7) is 4.02. The molecule has 2 aromatic carbocycles. The highest BCUT2D eigenvalue weighted by atomic mass is 16.5. The predicted molar refractivity (Wildman–Crippen MR) is 99.7 cm³/mol. The van der Waals surface area contributed by atoms with Gasteiger partial charge in [0.1, 0.15) is 11.3 Å². The van der Waals surface area contributed by atoms with E-state index in [1.54, 1.807) is 11.6 Å². The summed E-state index contributed by atoms with van der Waals surface area (Å²) in [6, 6.07) is 19.6. The van der Waals surface area contributed by atoms with Crippen molar-refractivity contribution < 1.29 is 9.53 Å². The molecule has 0 aliphatic carbocycles. The molecule has 1 heterocycles. The molecule has 4 heteroatoms. The van der Waals surface area contributed by atoms with Crippen molar-refractivity contribution in [2.45, 2.75) is 13.8 Å². The molecule has 126 valence electrons. The second kappa shape index (κ2) is 7.62. The molecule has 3 rings (SSSR count). The number of nitrogens with zero attached hydrogens (tertiary/aromatic N) is 2. The lowest BCUT2D eigenvalue weighted by atomic mass is 10.0. The lowest BCUT2D eigenvalue weighted by Gasteiger charge is -2.09. The van der Waals surface area contributed by atoms with Crippen LogP contribution in [0.25, 0.3) is 23.0 Å². The van der Waals surface area contributed by atoms with Crippen LogP contribution < -0.4 is 0 Å². The molecule has 0 bridgehead atoms. The van der Waals surface area contributed by atoms with Crippen LogP contribution in [0.5, 0.6) is 0 Å². The number of rotatable bonds is 5. The fourth-order valence-corrected chi connectivity index (χ4v) is 2.73. The van der Waals surface area contributed by atoms with Crippen LogP contribution in [0.4, 0.5) is 0 Å². The second-order valence-electron chi connectivity index (χ2n) is 5.44. The van der Waals surface area contributed by atoms with Crippen molar-refractivity contribution in [2.24, 2.45) is 0 Å². The van der Waals surface area contributed by atoms with Gasteiger partial charge in [0, 0.05) is 5.56 Å². The maximum Gasteiger partial charge on any atom is 0.342 e. The molecule has 0 unspecified atom stereocenters. The minimum absolute atomic E-state index is 0.318. The Morgan fingerprint density at radius 1 is 1.08 bits per heavy atom. The highest BCUT2D eigenvalue weighted by Crippen LogP contribution is 2.30. The van der Waals surface area contributed by atoms with Gasteiger partial charge in [0.25, 0.3) is 0 Å². The van der Waals surface area contributed by atoms with E-state index in [1.807, 2.05) is 79.7 Å². The van der Waals surface area contributed by atoms with E-state index in [2.05, 4.69) is 5.10 Å². The summed E-state index contributed by atoms with van der Waals surface area (Å²) in [5.74, 6) is -0.364. The molecule has 0 saturated carbocycles. The van der Waals surface area contributed by atoms with Gasteiger partial charge in [-0.2, -0.15) is 5.10 Å². The molecule has 4 nitrogen and oxygen atoms in total. The number of carbonyl (C=O) groups excluding carboxylic acids is 1. The molecule has 3 aromatic rings. The normalized spacial score (nSPS) is 11.0. The Kier molecular flexibility index (Phi) is 5.09. The number of hydrogen-bond acceptors (Lipinski definition) is 3. The molecule has 0 spiro atoms. The molecule has 0 amide bonds. The number of ether oxygens (including phenoxy) is 1. The minimum Gasteiger partial charge on any atom is -0.462 e. The average molecular weight is 332 g/mol. The fraction of sp³-hybridized carbons (Fsp3) is 0.143. The van der Waals surface area contributed by atoms with E-state index < -0.39 is 0 Å². The number of esters is 1. The molecule has 0 fully saturated rings. The van der Waals surface area contributed by atoms with Crippen molar-refractivity contribution in [1.82, 2.24) is 9.78 Å². The third-order valence-corrected chi connectivity index (χ3v) is 3.76. The van der Waals surface area contributed by atoms with Crippen molar-refractivity contribution in [3.05, 3.63) is 78.0 Å². The SMILES string of the molecule is C/C=C/c1nn(-c2ccccc2)c(-c2ccccc2)c1C(=O)OCC. The average Bonchev–Trinajstić information content (AvgIpc) is 3.03. The molecule has 0 aliphatic heterocycles. The first-order valence-electron chi connectivity index (χ1n) is 8.30. The van der Waals surface area contributed by atoms with E-state index in [0.29, 0.717) is 17.9 Å². The Hall–Kier alpha value is -3.14. The quantitative estimate of drug-likeness (QED) is 0.633. The topological polar surface area (TPSA) is 44.1 Å². The lowest BCUT2D eigenvalue weighted by molar-refractivity contribution is 0.0527. The summed E-state index contributed by atoms with van der Waals surface area (Å²) in [5.41, 5.74) is 3.62. The van der Waals surface area contributed by atoms with Crippen LogP contribution in [0.2, 0.25) is 0 Å². The van der Waals surface area contributed by atoms with Crippen molar-refractivity contribution in [3.8, 4) is 16.9 Å². The Bertz CT molecular complexity index is 881. The van der Waals surface area contributed by atoms with E-state index in [9.17, 15) is 4.79 Å². The van der Waals surface area contributed by atoms with Crippen LogP contribution >= 0.6 is 0 Å². The monoisotopic (exact) mass is 332 g/mol. The minimum atomic E-state index is -0.364. The number of hydrogen-bond donors (Lipinski definition) is 0. The van der Waals surface area contributed by atoms with Crippen LogP contribution in [-0.2, 0) is 4.74 Å². The summed E-state index contributed by atoms with van der Waals surface area (Å²) >= 11 is 0. The van der Waals surface area contributed by atoms with E-state index in [1.165, 1.54) is 0 Å². The first-order valence-corrected chi connectivity index (χ1v) is 8.30. The van der Waals surface area contributed by atoms with E-state index in [0.717, 1.165) is 16.9 Å². The molecule has 0 N–H and O–H groups in total. The van der Waals surface area contributed by atoms with Crippen LogP contribution in [0.3, 0.4) is 0 Å². The van der Waals surface area contributed by atoms with Gasteiger partial charge in [0.2, 0.25) is 0 Å². The fourth-order valence-electron chi connectivity index (χ4n) is 2.73. The smallest absolute Gasteiger partial charge is 0.342 e. The van der Waals surface area contributed by atoms with Gasteiger partial charge in [-0.05, 0) is 32.1 Å². The zero-order valence-electron chi connectivity index (χ0n) is 14.3. The molecule has 1 aromatic heterocycles. The zero-order valence-corrected chi connectivity index (χ0v) is 14.3. The standard InChI is InChI=1S/C21H20N2O2/c1-3-11-18-19(21(24)25-4-2)20(16-12-7-5-8-13-16)23(22-18)17-14-9-6-10-15-17/h3,5-15H,4H2,1-2H3/b11-3+. The summed E-state index contributed by atoms with van der Waals surface area (Å²) in [5, 5.41) is 4.68. The maximum absolute atomic E-state index is 12.7. The number of para-hydroxylation sites is 1. The van der Waals surface area contributed by atoms with Gasteiger partial charge in [-0.15, -0.1) is 0 Å². The molecular weight excluding hydrogens is 312 g/mol. The van der Waals surface area contributed by atoms with Gasteiger partial charge in [-0.1, -0.05) is 54.6 Å². The number of carbonyl (C=O) groups is 1. The van der Waals surface area contributed by atoms with E-state index in [4.69, 9.17) is 4.74 Å². The van der Waals surface area contributed by atoms with Gasteiger partial charge in [-0.25, -0.2) is 9.48 Å². The summed E-state index contributed by atoms with van der Waals surface area (Å²) < 4.78 is 7.10. The van der Waals surface area contributed by atoms with Gasteiger partial charge < -0.3 is 4.74 Å². The molecule has 0 aliphatic rings. The Balaban J connectivity index is 2.32. The van der Waals surface area contributed by atoms with E-state index >= 15 is 0 Å². The van der Waals surface area contributed by atoms with E-state index in [-0.39, 0.29) is 5.97 Å². The van der Waals surface area contributed by atoms with Crippen molar-refractivity contribution in [2.75, 3.05) is 6.61 Å². The number of benzene rings is 2. The van der Waals surface area contributed by atoms with Gasteiger partial charge in [0.15, 0.2) is 0 Å². The summed E-state index contributed by atoms with van der Waals surface area (Å²) in [6.07, 6.45) is 3.70. The lowest BCUT2D eigenvalue weighted by Crippen LogP contribution is -2.08. The first-order chi connectivity index (χ1) is 12.3. The van der Waals surface area contributed by atoms with Gasteiger partial charge in [0.05, 0.1) is 18.0 Å². The zero-order chi connectivity index (χ0) is 17.6. The highest BCUT2D eigenvalue weighted by Gasteiger charge is 2.25. The molecule has 0 atom stereocenters. The van der Waals surface area contributed by atoms with Crippen LogP contribution in [0, 0.1) is 0 Å². The second-order valence-corrected chi connectivity index (χ2v) is 5.44. The molecule has 25 heavy (non-hydrogen) atoms. The van der Waals surface area contributed by atoms with Crippen molar-refractivity contribution in [1.29, 1.82) is 0 Å².